The summed E-state index contributed by atoms with van der Waals surface area (Å²) < 4.78 is 11.7. The van der Waals surface area contributed by atoms with E-state index in [-0.39, 0.29) is 0 Å². The van der Waals surface area contributed by atoms with Gasteiger partial charge in [-0.15, -0.1) is 11.3 Å². The average molecular weight is 386 g/mol. The van der Waals surface area contributed by atoms with E-state index < -0.39 is 0 Å². The molecule has 0 radical (unpaired) electrons. The Hall–Kier alpha value is -2.30. The molecule has 0 unspecified atom stereocenters. The first-order valence-electron chi connectivity index (χ1n) is 8.47. The van der Waals surface area contributed by atoms with Gasteiger partial charge in [0.2, 0.25) is 0 Å². The molecular weight excluding hydrogens is 366 g/mol. The molecule has 1 aliphatic carbocycles. The lowest BCUT2D eigenvalue weighted by molar-refractivity contribution is 0.356. The number of nitrogens with zero attached hydrogens (tertiary/aromatic N) is 2. The summed E-state index contributed by atoms with van der Waals surface area (Å²) in [4.78, 5) is 6.00. The number of fused-ring (bicyclic) bond motifs is 2. The molecule has 0 amide bonds. The van der Waals surface area contributed by atoms with Gasteiger partial charge in [0.05, 0.1) is 30.0 Å². The van der Waals surface area contributed by atoms with Crippen molar-refractivity contribution in [1.82, 2.24) is 4.98 Å². The maximum absolute atomic E-state index is 9.65. The molecule has 0 bridgehead atoms. The third kappa shape index (κ3) is 2.89. The van der Waals surface area contributed by atoms with Crippen LogP contribution in [0.1, 0.15) is 29.3 Å². The maximum Gasteiger partial charge on any atom is 0.188 e. The van der Waals surface area contributed by atoms with Crippen LogP contribution in [-0.4, -0.2) is 19.2 Å². The fraction of sp³-hybridized carbons (Fsp3) is 0.368. The minimum Gasteiger partial charge on any atom is -0.493 e. The van der Waals surface area contributed by atoms with Gasteiger partial charge in [-0.3, -0.25) is 0 Å². The molecule has 5 nitrogen and oxygen atoms in total. The molecule has 2 heterocycles. The number of thiophene rings is 1. The normalized spacial score (nSPS) is 16.2. The zero-order valence-corrected chi connectivity index (χ0v) is 16.5. The van der Waals surface area contributed by atoms with Gasteiger partial charge in [-0.25, -0.2) is 4.98 Å². The molecule has 3 aromatic rings. The van der Waals surface area contributed by atoms with Crippen molar-refractivity contribution in [3.05, 3.63) is 28.1 Å². The average Bonchev–Trinajstić information content (AvgIpc) is 3.19. The minimum absolute atomic E-state index is 0.662. The molecule has 1 aliphatic rings. The van der Waals surface area contributed by atoms with Gasteiger partial charge in [-0.2, -0.15) is 5.26 Å². The molecule has 0 spiro atoms. The molecule has 0 aliphatic heterocycles. The van der Waals surface area contributed by atoms with Gasteiger partial charge in [0.25, 0.3) is 0 Å². The number of aromatic nitrogens is 1. The number of benzene rings is 1. The number of hydrogen-bond acceptors (Lipinski definition) is 7. The van der Waals surface area contributed by atoms with Crippen molar-refractivity contribution in [2.24, 2.45) is 5.92 Å². The third-order valence-corrected chi connectivity index (χ3v) is 6.84. The molecule has 1 N–H and O–H groups in total. The van der Waals surface area contributed by atoms with Gasteiger partial charge in [0, 0.05) is 17.0 Å². The first-order chi connectivity index (χ1) is 12.6. The number of thiazole rings is 1. The van der Waals surface area contributed by atoms with Crippen LogP contribution in [0.2, 0.25) is 0 Å². The second kappa shape index (κ2) is 6.78. The highest BCUT2D eigenvalue weighted by Crippen LogP contribution is 2.42. The zero-order chi connectivity index (χ0) is 18.3. The Labute approximate surface area is 160 Å². The summed E-state index contributed by atoms with van der Waals surface area (Å²) in [7, 11) is 3.24. The van der Waals surface area contributed by atoms with Gasteiger partial charge in [-0.05, 0) is 30.7 Å². The fourth-order valence-corrected chi connectivity index (χ4v) is 5.67. The van der Waals surface area contributed by atoms with Crippen LogP contribution < -0.4 is 14.8 Å². The number of nitrogens with one attached hydrogen (secondary N) is 1. The Bertz CT molecular complexity index is 975. The van der Waals surface area contributed by atoms with Gasteiger partial charge in [0.15, 0.2) is 16.6 Å². The Morgan fingerprint density at radius 3 is 2.73 bits per heavy atom. The summed E-state index contributed by atoms with van der Waals surface area (Å²) in [6.07, 6.45) is 3.20. The summed E-state index contributed by atoms with van der Waals surface area (Å²) in [5.74, 6) is 2.03. The van der Waals surface area contributed by atoms with Crippen LogP contribution in [0, 0.1) is 17.2 Å². The number of methoxy groups -OCH3 is 2. The van der Waals surface area contributed by atoms with E-state index in [1.165, 1.54) is 10.4 Å². The highest BCUT2D eigenvalue weighted by Gasteiger charge is 2.24. The Kier molecular flexibility index (Phi) is 4.47. The highest BCUT2D eigenvalue weighted by molar-refractivity contribution is 7.23. The molecule has 134 valence electrons. The van der Waals surface area contributed by atoms with Crippen molar-refractivity contribution in [3.63, 3.8) is 0 Å². The molecule has 2 aromatic heterocycles. The summed E-state index contributed by atoms with van der Waals surface area (Å²) in [5.41, 5.74) is 2.86. The van der Waals surface area contributed by atoms with E-state index >= 15 is 0 Å². The maximum atomic E-state index is 9.65. The summed E-state index contributed by atoms with van der Waals surface area (Å²) >= 11 is 3.24. The number of anilines is 2. The quantitative estimate of drug-likeness (QED) is 0.675. The van der Waals surface area contributed by atoms with Gasteiger partial charge < -0.3 is 14.8 Å². The van der Waals surface area contributed by atoms with Crippen LogP contribution in [0.3, 0.4) is 0 Å². The van der Waals surface area contributed by atoms with Crippen LogP contribution >= 0.6 is 22.7 Å². The van der Waals surface area contributed by atoms with E-state index in [0.29, 0.717) is 17.4 Å². The summed E-state index contributed by atoms with van der Waals surface area (Å²) in [5, 5.41) is 14.7. The van der Waals surface area contributed by atoms with Gasteiger partial charge >= 0.3 is 0 Å². The molecular formula is C19H19N3O2S2. The predicted molar refractivity (Wildman–Crippen MR) is 106 cm³/mol. The minimum atomic E-state index is 0.662. The van der Waals surface area contributed by atoms with E-state index in [2.05, 4.69) is 23.3 Å². The highest BCUT2D eigenvalue weighted by atomic mass is 32.1. The second-order valence-corrected chi connectivity index (χ2v) is 8.62. The third-order valence-electron chi connectivity index (χ3n) is 4.74. The number of nitriles is 1. The van der Waals surface area contributed by atoms with E-state index in [4.69, 9.17) is 9.47 Å². The van der Waals surface area contributed by atoms with Gasteiger partial charge in [-0.1, -0.05) is 18.3 Å². The van der Waals surface area contributed by atoms with Gasteiger partial charge in [0.1, 0.15) is 11.1 Å². The monoisotopic (exact) mass is 385 g/mol. The van der Waals surface area contributed by atoms with Crippen molar-refractivity contribution in [1.29, 1.82) is 5.26 Å². The molecule has 7 heteroatoms. The molecule has 0 saturated heterocycles. The van der Waals surface area contributed by atoms with Crippen molar-refractivity contribution in [3.8, 4) is 17.6 Å². The van der Waals surface area contributed by atoms with Crippen LogP contribution in [0.15, 0.2) is 12.1 Å². The Morgan fingerprint density at radius 2 is 2.00 bits per heavy atom. The molecule has 1 aromatic carbocycles. The lowest BCUT2D eigenvalue weighted by Gasteiger charge is -2.17. The Morgan fingerprint density at radius 1 is 1.23 bits per heavy atom. The van der Waals surface area contributed by atoms with Crippen molar-refractivity contribution in [2.45, 2.75) is 26.2 Å². The molecule has 26 heavy (non-hydrogen) atoms. The first-order valence-corrected chi connectivity index (χ1v) is 10.1. The predicted octanol–water partition coefficient (Wildman–Crippen LogP) is 5.12. The SMILES string of the molecule is COc1cc2nc(Nc3sc4c(c3C#N)CC[C@@H](C)C4)sc2cc1OC. The van der Waals surface area contributed by atoms with Crippen LogP contribution in [0.25, 0.3) is 10.2 Å². The first kappa shape index (κ1) is 17.1. The Balaban J connectivity index is 1.71. The zero-order valence-electron chi connectivity index (χ0n) is 14.9. The topological polar surface area (TPSA) is 67.2 Å². The lowest BCUT2D eigenvalue weighted by atomic mass is 9.89. The number of hydrogen-bond donors (Lipinski definition) is 1. The molecule has 1 atom stereocenters. The number of ether oxygens (including phenoxy) is 2. The molecule has 4 rings (SSSR count). The van der Waals surface area contributed by atoms with E-state index in [1.807, 2.05) is 12.1 Å². The van der Waals surface area contributed by atoms with Crippen LogP contribution in [0.4, 0.5) is 10.1 Å². The van der Waals surface area contributed by atoms with Crippen LogP contribution in [0.5, 0.6) is 11.5 Å². The second-order valence-electron chi connectivity index (χ2n) is 6.49. The largest absolute Gasteiger partial charge is 0.493 e. The number of rotatable bonds is 4. The summed E-state index contributed by atoms with van der Waals surface area (Å²) in [6, 6.07) is 6.20. The van der Waals surface area contributed by atoms with E-state index in [9.17, 15) is 5.26 Å². The van der Waals surface area contributed by atoms with E-state index in [0.717, 1.165) is 45.2 Å². The lowest BCUT2D eigenvalue weighted by Crippen LogP contribution is -2.09. The standard InChI is InChI=1S/C19H19N3O2S2/c1-10-4-5-11-12(9-20)18(25-16(11)6-10)22-19-21-13-7-14(23-2)15(24-3)8-17(13)26-19/h7-8,10H,4-6H2,1-3H3,(H,21,22)/t10-/m1/s1. The smallest absolute Gasteiger partial charge is 0.188 e. The summed E-state index contributed by atoms with van der Waals surface area (Å²) in [6.45, 7) is 2.27. The fourth-order valence-electron chi connectivity index (χ4n) is 3.36. The van der Waals surface area contributed by atoms with Crippen molar-refractivity contribution in [2.75, 3.05) is 19.5 Å². The molecule has 0 saturated carbocycles. The van der Waals surface area contributed by atoms with E-state index in [1.54, 1.807) is 36.9 Å². The molecule has 0 fully saturated rings. The van der Waals surface area contributed by atoms with Crippen molar-refractivity contribution >= 4 is 43.0 Å². The van der Waals surface area contributed by atoms with Crippen molar-refractivity contribution < 1.29 is 9.47 Å². The van der Waals surface area contributed by atoms with Crippen LogP contribution in [-0.2, 0) is 12.8 Å².